The third-order valence-corrected chi connectivity index (χ3v) is 5.81. The van der Waals surface area contributed by atoms with Crippen molar-refractivity contribution in [2.75, 3.05) is 43.4 Å². The zero-order chi connectivity index (χ0) is 19.7. The van der Waals surface area contributed by atoms with Gasteiger partial charge in [0.2, 0.25) is 0 Å². The molecule has 4 rings (SSSR count). The maximum Gasteiger partial charge on any atom is 0.270 e. The first-order valence-corrected chi connectivity index (χ1v) is 9.71. The molecule has 1 fully saturated rings. The van der Waals surface area contributed by atoms with Crippen LogP contribution in [-0.4, -0.2) is 53.9 Å². The lowest BCUT2D eigenvalue weighted by Crippen LogP contribution is -2.44. The van der Waals surface area contributed by atoms with Gasteiger partial charge in [-0.3, -0.25) is 14.9 Å². The number of rotatable bonds is 4. The van der Waals surface area contributed by atoms with Gasteiger partial charge in [0, 0.05) is 49.6 Å². The summed E-state index contributed by atoms with van der Waals surface area (Å²) < 4.78 is 0.991. The number of thiazole rings is 1. The molecule has 1 N–H and O–H groups in total. The average molecular weight is 397 g/mol. The summed E-state index contributed by atoms with van der Waals surface area (Å²) in [6.45, 7) is 3.93. The fourth-order valence-electron chi connectivity index (χ4n) is 3.09. The van der Waals surface area contributed by atoms with Crippen molar-refractivity contribution in [3.8, 4) is 0 Å². The minimum absolute atomic E-state index is 0.109. The molecule has 0 bridgehead atoms. The van der Waals surface area contributed by atoms with Crippen LogP contribution in [0.1, 0.15) is 10.4 Å². The van der Waals surface area contributed by atoms with Gasteiger partial charge in [-0.2, -0.15) is 0 Å². The second-order valence-electron chi connectivity index (χ2n) is 6.73. The van der Waals surface area contributed by atoms with Crippen molar-refractivity contribution in [3.05, 3.63) is 58.1 Å². The lowest BCUT2D eigenvalue weighted by atomic mass is 10.2. The number of nitrogens with zero attached hydrogens (tertiary/aromatic N) is 4. The Labute approximate surface area is 165 Å². The van der Waals surface area contributed by atoms with Crippen molar-refractivity contribution in [2.45, 2.75) is 0 Å². The topological polar surface area (TPSA) is 91.6 Å². The number of benzene rings is 2. The van der Waals surface area contributed by atoms with E-state index in [4.69, 9.17) is 4.98 Å². The Morgan fingerprint density at radius 2 is 1.96 bits per heavy atom. The van der Waals surface area contributed by atoms with Crippen LogP contribution < -0.4 is 10.2 Å². The minimum atomic E-state index is -0.514. The van der Waals surface area contributed by atoms with Crippen LogP contribution in [0.25, 0.3) is 10.2 Å². The number of carbonyl (C=O) groups is 1. The average Bonchev–Trinajstić information content (AvgIpc) is 3.12. The number of piperazine rings is 1. The van der Waals surface area contributed by atoms with Gasteiger partial charge < -0.3 is 15.1 Å². The van der Waals surface area contributed by atoms with Crippen molar-refractivity contribution in [1.29, 1.82) is 0 Å². The number of fused-ring (bicyclic) bond motifs is 1. The largest absolute Gasteiger partial charge is 0.345 e. The lowest BCUT2D eigenvalue weighted by Gasteiger charge is -2.31. The third-order valence-electron chi connectivity index (χ3n) is 4.73. The number of nitro benzene ring substituents is 1. The van der Waals surface area contributed by atoms with E-state index in [1.807, 2.05) is 12.1 Å². The maximum absolute atomic E-state index is 12.4. The first kappa shape index (κ1) is 18.3. The summed E-state index contributed by atoms with van der Waals surface area (Å²) in [7, 11) is 2.12. The van der Waals surface area contributed by atoms with Gasteiger partial charge in [-0.05, 0) is 31.3 Å². The molecule has 2 aromatic carbocycles. The van der Waals surface area contributed by atoms with Crippen molar-refractivity contribution < 1.29 is 9.72 Å². The number of non-ortho nitro benzene ring substituents is 1. The molecule has 8 nitrogen and oxygen atoms in total. The molecule has 28 heavy (non-hydrogen) atoms. The summed E-state index contributed by atoms with van der Waals surface area (Å²) in [6, 6.07) is 11.3. The first-order valence-electron chi connectivity index (χ1n) is 8.89. The summed E-state index contributed by atoms with van der Waals surface area (Å²) in [6.07, 6.45) is 0. The summed E-state index contributed by atoms with van der Waals surface area (Å²) in [4.78, 5) is 32.1. The quantitative estimate of drug-likeness (QED) is 0.537. The molecule has 2 heterocycles. The number of amides is 1. The maximum atomic E-state index is 12.4. The summed E-state index contributed by atoms with van der Waals surface area (Å²) >= 11 is 1.60. The van der Waals surface area contributed by atoms with Crippen molar-refractivity contribution in [2.24, 2.45) is 0 Å². The van der Waals surface area contributed by atoms with Crippen LogP contribution in [0, 0.1) is 10.1 Å². The Hall–Kier alpha value is -3.04. The van der Waals surface area contributed by atoms with Crippen LogP contribution in [0.5, 0.6) is 0 Å². The number of carbonyl (C=O) groups excluding carboxylic acids is 1. The van der Waals surface area contributed by atoms with Crippen molar-refractivity contribution in [1.82, 2.24) is 9.88 Å². The van der Waals surface area contributed by atoms with E-state index >= 15 is 0 Å². The van der Waals surface area contributed by atoms with Gasteiger partial charge in [0.05, 0.1) is 15.1 Å². The molecular formula is C19H19N5O3S. The van der Waals surface area contributed by atoms with Crippen LogP contribution in [0.15, 0.2) is 42.5 Å². The molecule has 0 saturated carbocycles. The molecule has 0 radical (unpaired) electrons. The number of hydrogen-bond donors (Lipinski definition) is 1. The molecule has 1 saturated heterocycles. The summed E-state index contributed by atoms with van der Waals surface area (Å²) in [5, 5.41) is 14.7. The van der Waals surface area contributed by atoms with E-state index in [1.54, 1.807) is 23.5 Å². The Bertz CT molecular complexity index is 1040. The van der Waals surface area contributed by atoms with Gasteiger partial charge in [0.1, 0.15) is 0 Å². The fraction of sp³-hybridized carbons (Fsp3) is 0.263. The molecule has 1 aliphatic heterocycles. The van der Waals surface area contributed by atoms with Crippen LogP contribution in [0.2, 0.25) is 0 Å². The predicted octanol–water partition coefficient (Wildman–Crippen LogP) is 3.21. The van der Waals surface area contributed by atoms with Crippen molar-refractivity contribution in [3.63, 3.8) is 0 Å². The van der Waals surface area contributed by atoms with Crippen LogP contribution in [0.3, 0.4) is 0 Å². The summed E-state index contributed by atoms with van der Waals surface area (Å²) in [5.41, 5.74) is 1.67. The standard InChI is InChI=1S/C19H19N5O3S/c1-22-7-9-23(10-8-22)19-21-16-6-5-14(12-17(16)28-19)20-18(25)13-3-2-4-15(11-13)24(26)27/h2-6,11-12H,7-10H2,1H3,(H,20,25). The van der Waals surface area contributed by atoms with Gasteiger partial charge in [-0.15, -0.1) is 0 Å². The Balaban J connectivity index is 1.52. The van der Waals surface area contributed by atoms with Gasteiger partial charge in [0.25, 0.3) is 11.6 Å². The van der Waals surface area contributed by atoms with Crippen molar-refractivity contribution >= 4 is 44.0 Å². The smallest absolute Gasteiger partial charge is 0.270 e. The molecule has 0 atom stereocenters. The van der Waals surface area contributed by atoms with E-state index in [0.29, 0.717) is 5.69 Å². The highest BCUT2D eigenvalue weighted by Gasteiger charge is 2.18. The highest BCUT2D eigenvalue weighted by molar-refractivity contribution is 7.22. The normalized spacial score (nSPS) is 15.0. The van der Waals surface area contributed by atoms with E-state index in [2.05, 4.69) is 22.2 Å². The van der Waals surface area contributed by atoms with E-state index in [-0.39, 0.29) is 17.2 Å². The molecule has 1 aromatic heterocycles. The monoisotopic (exact) mass is 397 g/mol. The number of anilines is 2. The van der Waals surface area contributed by atoms with Gasteiger partial charge in [-0.25, -0.2) is 4.98 Å². The molecular weight excluding hydrogens is 378 g/mol. The molecule has 0 spiro atoms. The van der Waals surface area contributed by atoms with E-state index in [1.165, 1.54) is 18.2 Å². The molecule has 3 aromatic rings. The Morgan fingerprint density at radius 1 is 1.18 bits per heavy atom. The van der Waals surface area contributed by atoms with E-state index in [9.17, 15) is 14.9 Å². The Morgan fingerprint density at radius 3 is 2.71 bits per heavy atom. The van der Waals surface area contributed by atoms with E-state index < -0.39 is 4.92 Å². The van der Waals surface area contributed by atoms with Crippen LogP contribution >= 0.6 is 11.3 Å². The predicted molar refractivity (Wildman–Crippen MR) is 110 cm³/mol. The van der Waals surface area contributed by atoms with Gasteiger partial charge >= 0.3 is 0 Å². The molecule has 9 heteroatoms. The molecule has 0 unspecified atom stereocenters. The number of aromatic nitrogens is 1. The number of nitrogens with one attached hydrogen (secondary N) is 1. The van der Waals surface area contributed by atoms with E-state index in [0.717, 1.165) is 41.5 Å². The number of nitro groups is 1. The van der Waals surface area contributed by atoms with Crippen LogP contribution in [0.4, 0.5) is 16.5 Å². The van der Waals surface area contributed by atoms with Gasteiger partial charge in [-0.1, -0.05) is 17.4 Å². The zero-order valence-electron chi connectivity index (χ0n) is 15.3. The molecule has 144 valence electrons. The molecule has 1 amide bonds. The fourth-order valence-corrected chi connectivity index (χ4v) is 4.14. The second kappa shape index (κ2) is 7.53. The highest BCUT2D eigenvalue weighted by atomic mass is 32.1. The lowest BCUT2D eigenvalue weighted by molar-refractivity contribution is -0.384. The Kier molecular flexibility index (Phi) is 4.93. The minimum Gasteiger partial charge on any atom is -0.345 e. The second-order valence-corrected chi connectivity index (χ2v) is 7.74. The third kappa shape index (κ3) is 3.80. The zero-order valence-corrected chi connectivity index (χ0v) is 16.1. The molecule has 1 aliphatic rings. The molecule has 0 aliphatic carbocycles. The van der Waals surface area contributed by atoms with Gasteiger partial charge in [0.15, 0.2) is 5.13 Å². The van der Waals surface area contributed by atoms with Crippen LogP contribution in [-0.2, 0) is 0 Å². The number of likely N-dealkylation sites (N-methyl/N-ethyl adjacent to an activating group) is 1. The number of hydrogen-bond acceptors (Lipinski definition) is 7. The SMILES string of the molecule is CN1CCN(c2nc3ccc(NC(=O)c4cccc([N+](=O)[O-])c4)cc3s2)CC1. The highest BCUT2D eigenvalue weighted by Crippen LogP contribution is 2.31. The first-order chi connectivity index (χ1) is 13.5. The summed E-state index contributed by atoms with van der Waals surface area (Å²) in [5.74, 6) is -0.383.